The molecule has 0 bridgehead atoms. The Bertz CT molecular complexity index is 1510. The maximum Gasteiger partial charge on any atom is 0.332 e. The molecule has 0 atom stereocenters. The Balaban J connectivity index is 1.61. The van der Waals surface area contributed by atoms with Crippen LogP contribution in [0.1, 0.15) is 25.7 Å². The molecule has 1 saturated heterocycles. The number of fused-ring (bicyclic) bond motifs is 1. The zero-order valence-corrected chi connectivity index (χ0v) is 20.5. The summed E-state index contributed by atoms with van der Waals surface area (Å²) in [6.07, 6.45) is 2.03. The number of piperidine rings is 1. The average Bonchev–Trinajstić information content (AvgIpc) is 3.44. The normalized spacial score (nSPS) is 14.9. The number of rotatable bonds is 4. The molecular weight excluding hydrogens is 481 g/mol. The fourth-order valence-corrected chi connectivity index (χ4v) is 4.53. The van der Waals surface area contributed by atoms with Crippen molar-refractivity contribution in [2.45, 2.75) is 26.3 Å². The number of aryl methyl sites for hydroxylation is 1. The van der Waals surface area contributed by atoms with E-state index in [1.165, 1.54) is 11.6 Å². The Morgan fingerprint density at radius 2 is 1.79 bits per heavy atom. The topological polar surface area (TPSA) is 104 Å². The SMILES string of the molecule is CC1CCN(c2nc3c(c(=O)n(C)c(=O)n3C)n2Cc2nnc(-c3ccc(Cl)c(Cl)c3)o2)CC1. The van der Waals surface area contributed by atoms with Crippen LogP contribution >= 0.6 is 23.2 Å². The van der Waals surface area contributed by atoms with Crippen LogP contribution in [-0.2, 0) is 20.6 Å². The summed E-state index contributed by atoms with van der Waals surface area (Å²) in [7, 11) is 3.07. The maximum absolute atomic E-state index is 13.1. The minimum absolute atomic E-state index is 0.125. The van der Waals surface area contributed by atoms with E-state index < -0.39 is 11.2 Å². The van der Waals surface area contributed by atoms with Gasteiger partial charge in [0.25, 0.3) is 5.56 Å². The molecule has 1 aromatic carbocycles. The van der Waals surface area contributed by atoms with Crippen molar-refractivity contribution in [1.29, 1.82) is 0 Å². The maximum atomic E-state index is 13.1. The fourth-order valence-electron chi connectivity index (χ4n) is 4.23. The van der Waals surface area contributed by atoms with Gasteiger partial charge in [0, 0.05) is 32.7 Å². The average molecular weight is 504 g/mol. The molecule has 3 aromatic heterocycles. The molecule has 0 amide bonds. The third kappa shape index (κ3) is 3.80. The van der Waals surface area contributed by atoms with Gasteiger partial charge in [-0.2, -0.15) is 4.98 Å². The van der Waals surface area contributed by atoms with Gasteiger partial charge in [-0.15, -0.1) is 10.2 Å². The standard InChI is InChI=1S/C22H23Cl2N7O3/c1-12-6-8-30(9-7-12)21-25-18-17(20(32)29(3)22(33)28(18)2)31(21)11-16-26-27-19(34-16)13-4-5-14(23)15(24)10-13/h4-5,10,12H,6-9,11H2,1-3H3. The van der Waals surface area contributed by atoms with Crippen LogP contribution in [0.15, 0.2) is 32.2 Å². The number of imidazole rings is 1. The fraction of sp³-hybridized carbons (Fsp3) is 0.409. The molecule has 5 rings (SSSR count). The van der Waals surface area contributed by atoms with Gasteiger partial charge in [0.05, 0.1) is 10.0 Å². The lowest BCUT2D eigenvalue weighted by molar-refractivity contribution is 0.429. The zero-order chi connectivity index (χ0) is 24.1. The molecule has 12 heteroatoms. The van der Waals surface area contributed by atoms with E-state index in [1.54, 1.807) is 29.8 Å². The van der Waals surface area contributed by atoms with E-state index in [0.29, 0.717) is 44.5 Å². The van der Waals surface area contributed by atoms with Crippen LogP contribution in [-0.4, -0.2) is 42.0 Å². The number of halogens is 2. The molecular formula is C22H23Cl2N7O3. The highest BCUT2D eigenvalue weighted by atomic mass is 35.5. The highest BCUT2D eigenvalue weighted by molar-refractivity contribution is 6.42. The van der Waals surface area contributed by atoms with E-state index in [9.17, 15) is 9.59 Å². The first-order chi connectivity index (χ1) is 16.2. The minimum atomic E-state index is -0.430. The summed E-state index contributed by atoms with van der Waals surface area (Å²) in [5, 5.41) is 9.12. The molecule has 34 heavy (non-hydrogen) atoms. The molecule has 0 saturated carbocycles. The van der Waals surface area contributed by atoms with Crippen molar-refractivity contribution in [2.24, 2.45) is 20.0 Å². The smallest absolute Gasteiger partial charge is 0.332 e. The molecule has 0 radical (unpaired) electrons. The number of aromatic nitrogens is 6. The Morgan fingerprint density at radius 1 is 1.06 bits per heavy atom. The summed E-state index contributed by atoms with van der Waals surface area (Å²) < 4.78 is 10.1. The first-order valence-corrected chi connectivity index (χ1v) is 11.7. The van der Waals surface area contributed by atoms with E-state index in [-0.39, 0.29) is 12.4 Å². The van der Waals surface area contributed by atoms with Gasteiger partial charge in [-0.1, -0.05) is 30.1 Å². The lowest BCUT2D eigenvalue weighted by Crippen LogP contribution is -2.38. The highest BCUT2D eigenvalue weighted by Gasteiger charge is 2.26. The van der Waals surface area contributed by atoms with E-state index in [2.05, 4.69) is 22.0 Å². The van der Waals surface area contributed by atoms with E-state index in [0.717, 1.165) is 30.5 Å². The number of hydrogen-bond donors (Lipinski definition) is 0. The Kier molecular flexibility index (Phi) is 5.73. The van der Waals surface area contributed by atoms with Gasteiger partial charge in [-0.25, -0.2) is 4.79 Å². The largest absolute Gasteiger partial charge is 0.419 e. The van der Waals surface area contributed by atoms with Crippen LogP contribution in [0, 0.1) is 5.92 Å². The first kappa shape index (κ1) is 22.7. The molecule has 1 fully saturated rings. The lowest BCUT2D eigenvalue weighted by atomic mass is 10.00. The quantitative estimate of drug-likeness (QED) is 0.421. The summed E-state index contributed by atoms with van der Waals surface area (Å²) >= 11 is 12.1. The third-order valence-corrected chi connectivity index (χ3v) is 7.06. The van der Waals surface area contributed by atoms with Crippen molar-refractivity contribution >= 4 is 40.3 Å². The molecule has 178 valence electrons. The van der Waals surface area contributed by atoms with Crippen LogP contribution in [0.2, 0.25) is 10.0 Å². The van der Waals surface area contributed by atoms with Crippen LogP contribution in [0.5, 0.6) is 0 Å². The molecule has 0 unspecified atom stereocenters. The summed E-state index contributed by atoms with van der Waals surface area (Å²) in [5.74, 6) is 1.81. The molecule has 1 aliphatic heterocycles. The van der Waals surface area contributed by atoms with Gasteiger partial charge < -0.3 is 9.32 Å². The van der Waals surface area contributed by atoms with Crippen molar-refractivity contribution in [3.63, 3.8) is 0 Å². The lowest BCUT2D eigenvalue weighted by Gasteiger charge is -2.31. The Labute approximate surface area is 204 Å². The molecule has 0 aliphatic carbocycles. The number of nitrogens with zero attached hydrogens (tertiary/aromatic N) is 7. The molecule has 10 nitrogen and oxygen atoms in total. The summed E-state index contributed by atoms with van der Waals surface area (Å²) in [4.78, 5) is 32.5. The van der Waals surface area contributed by atoms with E-state index >= 15 is 0 Å². The molecule has 0 N–H and O–H groups in total. The van der Waals surface area contributed by atoms with Gasteiger partial charge in [-0.05, 0) is 37.0 Å². The Morgan fingerprint density at radius 3 is 2.50 bits per heavy atom. The van der Waals surface area contributed by atoms with Crippen LogP contribution < -0.4 is 16.1 Å². The monoisotopic (exact) mass is 503 g/mol. The number of benzene rings is 1. The van der Waals surface area contributed by atoms with Crippen molar-refractivity contribution in [3.8, 4) is 11.5 Å². The van der Waals surface area contributed by atoms with Crippen molar-refractivity contribution in [2.75, 3.05) is 18.0 Å². The second kappa shape index (κ2) is 8.59. The molecule has 0 spiro atoms. The van der Waals surface area contributed by atoms with Crippen LogP contribution in [0.3, 0.4) is 0 Å². The summed E-state index contributed by atoms with van der Waals surface area (Å²) in [5.41, 5.74) is 0.415. The summed E-state index contributed by atoms with van der Waals surface area (Å²) in [6.45, 7) is 3.95. The number of anilines is 1. The van der Waals surface area contributed by atoms with Crippen LogP contribution in [0.4, 0.5) is 5.95 Å². The predicted molar refractivity (Wildman–Crippen MR) is 130 cm³/mol. The molecule has 4 aromatic rings. The summed E-state index contributed by atoms with van der Waals surface area (Å²) in [6, 6.07) is 5.05. The zero-order valence-electron chi connectivity index (χ0n) is 19.0. The van der Waals surface area contributed by atoms with Crippen LogP contribution in [0.25, 0.3) is 22.6 Å². The second-order valence-electron chi connectivity index (χ2n) is 8.68. The van der Waals surface area contributed by atoms with Gasteiger partial charge >= 0.3 is 5.69 Å². The van der Waals surface area contributed by atoms with Gasteiger partial charge in [0.2, 0.25) is 17.7 Å². The highest BCUT2D eigenvalue weighted by Crippen LogP contribution is 2.29. The molecule has 1 aliphatic rings. The second-order valence-corrected chi connectivity index (χ2v) is 9.49. The van der Waals surface area contributed by atoms with E-state index in [1.807, 2.05) is 0 Å². The number of hydrogen-bond acceptors (Lipinski definition) is 7. The van der Waals surface area contributed by atoms with Crippen molar-refractivity contribution < 1.29 is 4.42 Å². The van der Waals surface area contributed by atoms with Crippen molar-refractivity contribution in [1.82, 2.24) is 28.9 Å². The van der Waals surface area contributed by atoms with Gasteiger partial charge in [0.15, 0.2) is 11.2 Å². The predicted octanol–water partition coefficient (Wildman–Crippen LogP) is 3.08. The Hall–Kier alpha value is -3.11. The van der Waals surface area contributed by atoms with Gasteiger partial charge in [-0.3, -0.25) is 18.5 Å². The first-order valence-electron chi connectivity index (χ1n) is 10.9. The molecule has 4 heterocycles. The third-order valence-electron chi connectivity index (χ3n) is 6.32. The van der Waals surface area contributed by atoms with E-state index in [4.69, 9.17) is 32.6 Å². The minimum Gasteiger partial charge on any atom is -0.419 e. The van der Waals surface area contributed by atoms with Gasteiger partial charge in [0.1, 0.15) is 6.54 Å². The van der Waals surface area contributed by atoms with Crippen molar-refractivity contribution in [3.05, 3.63) is 55.0 Å².